The standard InChI is InChI=1S/C22H20BrF3N4O2/c1-12(31)13-4-8-16(9-5-13)27-21(32)18-11-20-28-17(14-2-6-15(23)7-3-14)10-19(22(24,25)26)30(20)29-18/h2-9,11-12,17,19,28,31H,10H2,1H3,(H,27,32). The molecule has 3 N–H and O–H groups in total. The van der Waals surface area contributed by atoms with E-state index in [1.165, 1.54) is 6.07 Å². The average Bonchev–Trinajstić information content (AvgIpc) is 3.17. The highest BCUT2D eigenvalue weighted by molar-refractivity contribution is 9.10. The monoisotopic (exact) mass is 508 g/mol. The second kappa shape index (κ2) is 8.59. The van der Waals surface area contributed by atoms with E-state index in [0.29, 0.717) is 16.8 Å². The molecule has 1 aliphatic heterocycles. The topological polar surface area (TPSA) is 79.2 Å². The van der Waals surface area contributed by atoms with E-state index in [9.17, 15) is 23.1 Å². The Labute approximate surface area is 190 Å². The molecule has 1 aromatic heterocycles. The number of amides is 1. The molecule has 2 heterocycles. The second-order valence-corrected chi connectivity index (χ2v) is 8.57. The molecule has 1 aliphatic rings. The summed E-state index contributed by atoms with van der Waals surface area (Å²) in [4.78, 5) is 12.6. The van der Waals surface area contributed by atoms with Crippen molar-refractivity contribution in [3.05, 3.63) is 75.9 Å². The van der Waals surface area contributed by atoms with Crippen LogP contribution in [0.5, 0.6) is 0 Å². The Balaban J connectivity index is 1.59. The van der Waals surface area contributed by atoms with Crippen LogP contribution in [-0.2, 0) is 0 Å². The number of nitrogens with one attached hydrogen (secondary N) is 2. The zero-order valence-corrected chi connectivity index (χ0v) is 18.5. The first-order chi connectivity index (χ1) is 15.1. The summed E-state index contributed by atoms with van der Waals surface area (Å²) in [5.41, 5.74) is 1.70. The number of hydrogen-bond acceptors (Lipinski definition) is 4. The first kappa shape index (κ1) is 22.3. The molecule has 6 nitrogen and oxygen atoms in total. The molecule has 168 valence electrons. The van der Waals surface area contributed by atoms with Crippen molar-refractivity contribution in [1.82, 2.24) is 9.78 Å². The minimum atomic E-state index is -4.53. The quantitative estimate of drug-likeness (QED) is 0.427. The summed E-state index contributed by atoms with van der Waals surface area (Å²) in [6.45, 7) is 1.62. The van der Waals surface area contributed by atoms with Crippen molar-refractivity contribution < 1.29 is 23.1 Å². The number of halogens is 4. The lowest BCUT2D eigenvalue weighted by Gasteiger charge is -2.33. The van der Waals surface area contributed by atoms with E-state index in [-0.39, 0.29) is 17.9 Å². The van der Waals surface area contributed by atoms with Crippen LogP contribution in [0, 0.1) is 0 Å². The molecule has 0 saturated heterocycles. The highest BCUT2D eigenvalue weighted by Gasteiger charge is 2.46. The molecular formula is C22H20BrF3N4O2. The maximum atomic E-state index is 13.8. The van der Waals surface area contributed by atoms with Gasteiger partial charge in [0.25, 0.3) is 5.91 Å². The summed E-state index contributed by atoms with van der Waals surface area (Å²) in [5.74, 6) is -0.499. The number of alkyl halides is 3. The van der Waals surface area contributed by atoms with Gasteiger partial charge in [-0.3, -0.25) is 4.79 Å². The summed E-state index contributed by atoms with van der Waals surface area (Å²) >= 11 is 3.32. The number of benzene rings is 2. The van der Waals surface area contributed by atoms with Crippen molar-refractivity contribution in [3.63, 3.8) is 0 Å². The molecule has 0 saturated carbocycles. The van der Waals surface area contributed by atoms with Crippen molar-refractivity contribution in [2.45, 2.75) is 37.7 Å². The number of rotatable bonds is 4. The van der Waals surface area contributed by atoms with Gasteiger partial charge in [-0.1, -0.05) is 40.2 Å². The molecule has 0 radical (unpaired) electrons. The van der Waals surface area contributed by atoms with E-state index in [2.05, 4.69) is 31.7 Å². The van der Waals surface area contributed by atoms with E-state index in [4.69, 9.17) is 0 Å². The number of fused-ring (bicyclic) bond motifs is 1. The first-order valence-electron chi connectivity index (χ1n) is 9.89. The molecule has 1 amide bonds. The zero-order chi connectivity index (χ0) is 23.0. The highest BCUT2D eigenvalue weighted by atomic mass is 79.9. The van der Waals surface area contributed by atoms with Crippen LogP contribution in [0.3, 0.4) is 0 Å². The molecular weight excluding hydrogens is 489 g/mol. The van der Waals surface area contributed by atoms with E-state index >= 15 is 0 Å². The van der Waals surface area contributed by atoms with Crippen LogP contribution >= 0.6 is 15.9 Å². The number of carbonyl (C=O) groups is 1. The lowest BCUT2D eigenvalue weighted by molar-refractivity contribution is -0.173. The largest absolute Gasteiger partial charge is 0.410 e. The molecule has 0 spiro atoms. The van der Waals surface area contributed by atoms with Crippen LogP contribution in [0.1, 0.15) is 53.1 Å². The SMILES string of the molecule is CC(O)c1ccc(NC(=O)c2cc3n(n2)C(C(F)(F)F)CC(c2ccc(Br)cc2)N3)cc1. The predicted octanol–water partition coefficient (Wildman–Crippen LogP) is 5.61. The van der Waals surface area contributed by atoms with Gasteiger partial charge in [-0.2, -0.15) is 18.3 Å². The number of carbonyl (C=O) groups excluding carboxylic acids is 1. The number of anilines is 2. The van der Waals surface area contributed by atoms with Crippen molar-refractivity contribution in [1.29, 1.82) is 0 Å². The van der Waals surface area contributed by atoms with Gasteiger partial charge in [0.1, 0.15) is 5.82 Å². The molecule has 0 aliphatic carbocycles. The Morgan fingerprint density at radius 2 is 1.88 bits per heavy atom. The first-order valence-corrected chi connectivity index (χ1v) is 10.7. The molecule has 3 aromatic rings. The number of aromatic nitrogens is 2. The van der Waals surface area contributed by atoms with Crippen LogP contribution in [0.25, 0.3) is 0 Å². The smallest absolute Gasteiger partial charge is 0.389 e. The van der Waals surface area contributed by atoms with Crippen molar-refractivity contribution >= 4 is 33.3 Å². The number of nitrogens with zero attached hydrogens (tertiary/aromatic N) is 2. The van der Waals surface area contributed by atoms with Crippen LogP contribution in [-0.4, -0.2) is 27.0 Å². The van der Waals surface area contributed by atoms with Gasteiger partial charge in [-0.15, -0.1) is 0 Å². The fraction of sp³-hybridized carbons (Fsp3) is 0.273. The van der Waals surface area contributed by atoms with Gasteiger partial charge in [0, 0.05) is 22.6 Å². The summed E-state index contributed by atoms with van der Waals surface area (Å²) in [6.07, 6.45) is -5.42. The van der Waals surface area contributed by atoms with Gasteiger partial charge in [-0.05, 0) is 42.3 Å². The molecule has 2 aromatic carbocycles. The summed E-state index contributed by atoms with van der Waals surface area (Å²) in [6, 6.07) is 12.5. The van der Waals surface area contributed by atoms with E-state index in [0.717, 1.165) is 9.15 Å². The van der Waals surface area contributed by atoms with Gasteiger partial charge in [0.05, 0.1) is 12.1 Å². The maximum absolute atomic E-state index is 13.8. The summed E-state index contributed by atoms with van der Waals surface area (Å²) < 4.78 is 43.1. The third kappa shape index (κ3) is 4.66. The third-order valence-corrected chi connectivity index (χ3v) is 5.87. The van der Waals surface area contributed by atoms with Crippen LogP contribution < -0.4 is 10.6 Å². The minimum absolute atomic E-state index is 0.126. The van der Waals surface area contributed by atoms with Crippen LogP contribution in [0.4, 0.5) is 24.7 Å². The third-order valence-electron chi connectivity index (χ3n) is 5.35. The highest BCUT2D eigenvalue weighted by Crippen LogP contribution is 2.43. The van der Waals surface area contributed by atoms with Crippen LogP contribution in [0.2, 0.25) is 0 Å². The summed E-state index contributed by atoms with van der Waals surface area (Å²) in [7, 11) is 0. The van der Waals surface area contributed by atoms with Crippen molar-refractivity contribution in [2.75, 3.05) is 10.6 Å². The molecule has 0 bridgehead atoms. The number of aliphatic hydroxyl groups excluding tert-OH is 1. The molecule has 3 unspecified atom stereocenters. The Bertz CT molecular complexity index is 1110. The maximum Gasteiger partial charge on any atom is 0.410 e. The fourth-order valence-electron chi connectivity index (χ4n) is 3.64. The Morgan fingerprint density at radius 3 is 2.47 bits per heavy atom. The molecule has 10 heteroatoms. The number of hydrogen-bond donors (Lipinski definition) is 3. The van der Waals surface area contributed by atoms with Crippen molar-refractivity contribution in [3.8, 4) is 0 Å². The average molecular weight is 509 g/mol. The fourth-order valence-corrected chi connectivity index (χ4v) is 3.90. The Kier molecular flexibility index (Phi) is 6.00. The van der Waals surface area contributed by atoms with Gasteiger partial charge in [-0.25, -0.2) is 4.68 Å². The number of aliphatic hydroxyl groups is 1. The second-order valence-electron chi connectivity index (χ2n) is 7.65. The van der Waals surface area contributed by atoms with Crippen LogP contribution in [0.15, 0.2) is 59.1 Å². The zero-order valence-electron chi connectivity index (χ0n) is 16.9. The van der Waals surface area contributed by atoms with E-state index in [1.54, 1.807) is 55.5 Å². The van der Waals surface area contributed by atoms with Gasteiger partial charge in [0.2, 0.25) is 0 Å². The van der Waals surface area contributed by atoms with Gasteiger partial charge in [0.15, 0.2) is 11.7 Å². The lowest BCUT2D eigenvalue weighted by atomic mass is 9.97. The van der Waals surface area contributed by atoms with E-state index < -0.39 is 30.3 Å². The Morgan fingerprint density at radius 1 is 1.22 bits per heavy atom. The lowest BCUT2D eigenvalue weighted by Crippen LogP contribution is -2.35. The minimum Gasteiger partial charge on any atom is -0.389 e. The molecule has 4 rings (SSSR count). The Hall–Kier alpha value is -2.85. The predicted molar refractivity (Wildman–Crippen MR) is 117 cm³/mol. The molecule has 32 heavy (non-hydrogen) atoms. The van der Waals surface area contributed by atoms with Gasteiger partial charge < -0.3 is 15.7 Å². The molecule has 0 fully saturated rings. The van der Waals surface area contributed by atoms with Gasteiger partial charge >= 0.3 is 6.18 Å². The van der Waals surface area contributed by atoms with E-state index in [1.807, 2.05) is 0 Å². The van der Waals surface area contributed by atoms with Crippen molar-refractivity contribution in [2.24, 2.45) is 0 Å². The normalized spacial score (nSPS) is 19.1. The molecule has 3 atom stereocenters. The summed E-state index contributed by atoms with van der Waals surface area (Å²) in [5, 5.41) is 19.2.